The molecule has 1 aromatic carbocycles. The van der Waals surface area contributed by atoms with Gasteiger partial charge in [-0.05, 0) is 17.4 Å². The van der Waals surface area contributed by atoms with E-state index in [2.05, 4.69) is 0 Å². The van der Waals surface area contributed by atoms with E-state index in [1.807, 2.05) is 0 Å². The van der Waals surface area contributed by atoms with Gasteiger partial charge in [0.05, 0.1) is 0 Å². The second kappa shape index (κ2) is 3.03. The van der Waals surface area contributed by atoms with Gasteiger partial charge in [-0.3, -0.25) is 0 Å². The summed E-state index contributed by atoms with van der Waals surface area (Å²) in [6, 6.07) is 4.03. The van der Waals surface area contributed by atoms with E-state index >= 15 is 0 Å². The summed E-state index contributed by atoms with van der Waals surface area (Å²) >= 11 is 0. The molecule has 1 aromatic rings. The van der Waals surface area contributed by atoms with Crippen molar-refractivity contribution < 1.29 is 18.8 Å². The van der Waals surface area contributed by atoms with Crippen LogP contribution in [0.2, 0.25) is 0 Å². The lowest BCUT2D eigenvalue weighted by Gasteiger charge is -2.10. The molecule has 0 unspecified atom stereocenters. The summed E-state index contributed by atoms with van der Waals surface area (Å²) < 4.78 is 26.3. The summed E-state index contributed by atoms with van der Waals surface area (Å²) in [5, 5.41) is 17.7. The SMILES string of the molecule is OB(O)c1ccc2c(c1)CCC2(F)F. The van der Waals surface area contributed by atoms with Crippen LogP contribution in [-0.4, -0.2) is 17.2 Å². The topological polar surface area (TPSA) is 40.5 Å². The van der Waals surface area contributed by atoms with Crippen molar-refractivity contribution in [3.8, 4) is 0 Å². The number of benzene rings is 1. The Hall–Kier alpha value is -0.935. The summed E-state index contributed by atoms with van der Waals surface area (Å²) in [4.78, 5) is 0. The van der Waals surface area contributed by atoms with E-state index < -0.39 is 13.0 Å². The predicted octanol–water partition coefficient (Wildman–Crippen LogP) is 0.404. The first-order valence-electron chi connectivity index (χ1n) is 4.38. The molecule has 2 N–H and O–H groups in total. The number of rotatable bonds is 1. The zero-order valence-electron chi connectivity index (χ0n) is 7.37. The monoisotopic (exact) mass is 198 g/mol. The lowest BCUT2D eigenvalue weighted by Crippen LogP contribution is -2.30. The lowest BCUT2D eigenvalue weighted by atomic mass is 9.79. The Morgan fingerprint density at radius 3 is 2.64 bits per heavy atom. The van der Waals surface area contributed by atoms with E-state index in [1.54, 1.807) is 0 Å². The molecule has 0 saturated carbocycles. The van der Waals surface area contributed by atoms with Crippen LogP contribution >= 0.6 is 0 Å². The Morgan fingerprint density at radius 2 is 2.00 bits per heavy atom. The molecule has 0 heterocycles. The van der Waals surface area contributed by atoms with Crippen molar-refractivity contribution in [2.75, 3.05) is 0 Å². The Kier molecular flexibility index (Phi) is 2.08. The van der Waals surface area contributed by atoms with E-state index in [1.165, 1.54) is 18.2 Å². The Labute approximate surface area is 80.3 Å². The molecule has 0 fully saturated rings. The van der Waals surface area contributed by atoms with Gasteiger partial charge in [-0.15, -0.1) is 0 Å². The van der Waals surface area contributed by atoms with E-state index in [9.17, 15) is 8.78 Å². The smallest absolute Gasteiger partial charge is 0.423 e. The highest BCUT2D eigenvalue weighted by Gasteiger charge is 2.39. The quantitative estimate of drug-likeness (QED) is 0.641. The normalized spacial score (nSPS) is 18.0. The van der Waals surface area contributed by atoms with Gasteiger partial charge >= 0.3 is 7.12 Å². The number of hydrogen-bond acceptors (Lipinski definition) is 2. The van der Waals surface area contributed by atoms with Crippen LogP contribution in [0.1, 0.15) is 17.5 Å². The van der Waals surface area contributed by atoms with Crippen LogP contribution < -0.4 is 5.46 Å². The first-order valence-corrected chi connectivity index (χ1v) is 4.38. The molecular weight excluding hydrogens is 189 g/mol. The van der Waals surface area contributed by atoms with Gasteiger partial charge < -0.3 is 10.0 Å². The standard InChI is InChI=1S/C9H9BF2O2/c11-9(12)4-3-6-5-7(10(13)14)1-2-8(6)9/h1-2,5,13-14H,3-4H2. The zero-order chi connectivity index (χ0) is 10.3. The Balaban J connectivity index is 2.44. The minimum atomic E-state index is -2.76. The van der Waals surface area contributed by atoms with Crippen LogP contribution in [0.4, 0.5) is 8.78 Å². The van der Waals surface area contributed by atoms with Gasteiger partial charge in [0.15, 0.2) is 0 Å². The van der Waals surface area contributed by atoms with E-state index in [0.29, 0.717) is 12.0 Å². The summed E-state index contributed by atoms with van der Waals surface area (Å²) in [6.07, 6.45) is 0.107. The second-order valence-electron chi connectivity index (χ2n) is 3.49. The maximum Gasteiger partial charge on any atom is 0.488 e. The van der Waals surface area contributed by atoms with Gasteiger partial charge in [-0.25, -0.2) is 8.78 Å². The van der Waals surface area contributed by atoms with Gasteiger partial charge in [0.1, 0.15) is 0 Å². The third-order valence-corrected chi connectivity index (χ3v) is 2.53. The number of fused-ring (bicyclic) bond motifs is 1. The minimum Gasteiger partial charge on any atom is -0.423 e. The van der Waals surface area contributed by atoms with Crippen LogP contribution in [0.25, 0.3) is 0 Å². The number of alkyl halides is 2. The van der Waals surface area contributed by atoms with Gasteiger partial charge in [0, 0.05) is 12.0 Å². The molecule has 0 spiro atoms. The summed E-state index contributed by atoms with van der Waals surface area (Å²) in [5.41, 5.74) is 0.795. The average Bonchev–Trinajstić information content (AvgIpc) is 2.42. The van der Waals surface area contributed by atoms with E-state index in [4.69, 9.17) is 10.0 Å². The molecule has 1 aliphatic carbocycles. The molecule has 2 nitrogen and oxygen atoms in total. The first kappa shape index (κ1) is 9.61. The van der Waals surface area contributed by atoms with Gasteiger partial charge in [0.2, 0.25) is 0 Å². The molecule has 0 amide bonds. The summed E-state index contributed by atoms with van der Waals surface area (Å²) in [6.45, 7) is 0. The molecule has 0 aliphatic heterocycles. The molecule has 74 valence electrons. The largest absolute Gasteiger partial charge is 0.488 e. The van der Waals surface area contributed by atoms with Gasteiger partial charge in [-0.1, -0.05) is 18.2 Å². The Bertz CT molecular complexity index is 366. The van der Waals surface area contributed by atoms with Crippen LogP contribution in [0.15, 0.2) is 18.2 Å². The lowest BCUT2D eigenvalue weighted by molar-refractivity contribution is -0.00183. The average molecular weight is 198 g/mol. The third-order valence-electron chi connectivity index (χ3n) is 2.53. The van der Waals surface area contributed by atoms with Crippen LogP contribution in [0, 0.1) is 0 Å². The molecule has 1 aliphatic rings. The molecule has 0 saturated heterocycles. The van der Waals surface area contributed by atoms with Gasteiger partial charge in [-0.2, -0.15) is 0 Å². The molecule has 0 aromatic heterocycles. The molecule has 0 radical (unpaired) electrons. The molecular formula is C9H9BF2O2. The first-order chi connectivity index (χ1) is 6.50. The number of aryl methyl sites for hydroxylation is 1. The highest BCUT2D eigenvalue weighted by molar-refractivity contribution is 6.58. The van der Waals surface area contributed by atoms with Crippen molar-refractivity contribution in [1.29, 1.82) is 0 Å². The van der Waals surface area contributed by atoms with Crippen molar-refractivity contribution in [3.05, 3.63) is 29.3 Å². The molecule has 0 atom stereocenters. The van der Waals surface area contributed by atoms with Crippen LogP contribution in [-0.2, 0) is 12.3 Å². The van der Waals surface area contributed by atoms with E-state index in [0.717, 1.165) is 0 Å². The van der Waals surface area contributed by atoms with Crippen molar-refractivity contribution in [2.24, 2.45) is 0 Å². The minimum absolute atomic E-state index is 0.0156. The zero-order valence-corrected chi connectivity index (χ0v) is 7.37. The predicted molar refractivity (Wildman–Crippen MR) is 48.5 cm³/mol. The van der Waals surface area contributed by atoms with Crippen LogP contribution in [0.5, 0.6) is 0 Å². The van der Waals surface area contributed by atoms with Crippen molar-refractivity contribution >= 4 is 12.6 Å². The maximum absolute atomic E-state index is 13.1. The molecule has 5 heteroatoms. The highest BCUT2D eigenvalue weighted by atomic mass is 19.3. The summed E-state index contributed by atoms with van der Waals surface area (Å²) in [5.74, 6) is -2.76. The fourth-order valence-corrected chi connectivity index (χ4v) is 1.76. The number of halogens is 2. The molecule has 14 heavy (non-hydrogen) atoms. The fourth-order valence-electron chi connectivity index (χ4n) is 1.76. The maximum atomic E-state index is 13.1. The van der Waals surface area contributed by atoms with Crippen molar-refractivity contribution in [2.45, 2.75) is 18.8 Å². The fraction of sp³-hybridized carbons (Fsp3) is 0.333. The molecule has 2 rings (SSSR count). The highest BCUT2D eigenvalue weighted by Crippen LogP contribution is 2.40. The Morgan fingerprint density at radius 1 is 1.29 bits per heavy atom. The second-order valence-corrected chi connectivity index (χ2v) is 3.49. The number of hydrogen-bond donors (Lipinski definition) is 2. The van der Waals surface area contributed by atoms with E-state index in [-0.39, 0.29) is 17.4 Å². The van der Waals surface area contributed by atoms with Crippen molar-refractivity contribution in [3.63, 3.8) is 0 Å². The molecule has 0 bridgehead atoms. The van der Waals surface area contributed by atoms with Crippen molar-refractivity contribution in [1.82, 2.24) is 0 Å². The summed E-state index contributed by atoms with van der Waals surface area (Å²) in [7, 11) is -1.59. The van der Waals surface area contributed by atoms with Crippen LogP contribution in [0.3, 0.4) is 0 Å². The van der Waals surface area contributed by atoms with Gasteiger partial charge in [0.25, 0.3) is 5.92 Å². The third kappa shape index (κ3) is 1.42.